The maximum Gasteiger partial charge on any atom is 0.272 e. The lowest BCUT2D eigenvalue weighted by Crippen LogP contribution is -2.46. The van der Waals surface area contributed by atoms with Crippen LogP contribution in [0.3, 0.4) is 0 Å². The predicted molar refractivity (Wildman–Crippen MR) is 97.8 cm³/mol. The number of carbonyl (C=O) groups excluding carboxylic acids is 1. The summed E-state index contributed by atoms with van der Waals surface area (Å²) in [5.41, 5.74) is 2.27. The first-order chi connectivity index (χ1) is 12.0. The number of ether oxygens (including phenoxy) is 1. The van der Waals surface area contributed by atoms with Crippen LogP contribution < -0.4 is 5.32 Å². The lowest BCUT2D eigenvalue weighted by molar-refractivity contribution is 0.0342. The van der Waals surface area contributed by atoms with Gasteiger partial charge in [-0.1, -0.05) is 23.7 Å². The number of carbonyl (C=O) groups is 1. The van der Waals surface area contributed by atoms with E-state index in [-0.39, 0.29) is 11.9 Å². The van der Waals surface area contributed by atoms with Crippen LogP contribution in [-0.4, -0.2) is 59.5 Å². The van der Waals surface area contributed by atoms with Crippen molar-refractivity contribution in [1.29, 1.82) is 0 Å². The minimum Gasteiger partial charge on any atom is -0.379 e. The maximum absolute atomic E-state index is 12.5. The Morgan fingerprint density at radius 2 is 2.00 bits per heavy atom. The summed E-state index contributed by atoms with van der Waals surface area (Å²) in [4.78, 5) is 14.8. The van der Waals surface area contributed by atoms with Gasteiger partial charge in [0.1, 0.15) is 0 Å². The number of morpholine rings is 1. The Morgan fingerprint density at radius 1 is 1.32 bits per heavy atom. The van der Waals surface area contributed by atoms with E-state index in [9.17, 15) is 4.79 Å². The van der Waals surface area contributed by atoms with E-state index >= 15 is 0 Å². The molecule has 1 fully saturated rings. The molecule has 0 radical (unpaired) electrons. The third-order valence-electron chi connectivity index (χ3n) is 4.27. The van der Waals surface area contributed by atoms with E-state index in [1.165, 1.54) is 0 Å². The standard InChI is InChI=1S/C18H23ClN4O2/c1-13(12-23-7-9-25-10-8-23)20-18(24)16-11-17(22(2)21-16)14-3-5-15(19)6-4-14/h3-6,11,13H,7-10,12H2,1-2H3,(H,20,24)/t13-/m0/s1. The Kier molecular flexibility index (Phi) is 5.73. The van der Waals surface area contributed by atoms with Crippen LogP contribution in [0.1, 0.15) is 17.4 Å². The molecular weight excluding hydrogens is 340 g/mol. The van der Waals surface area contributed by atoms with Crippen LogP contribution in [0.4, 0.5) is 0 Å². The van der Waals surface area contributed by atoms with E-state index < -0.39 is 0 Å². The summed E-state index contributed by atoms with van der Waals surface area (Å²) < 4.78 is 7.06. The number of rotatable bonds is 5. The Labute approximate surface area is 152 Å². The largest absolute Gasteiger partial charge is 0.379 e. The molecule has 3 rings (SSSR count). The first-order valence-electron chi connectivity index (χ1n) is 8.44. The fraction of sp³-hybridized carbons (Fsp3) is 0.444. The molecule has 2 aromatic rings. The molecule has 6 nitrogen and oxygen atoms in total. The van der Waals surface area contributed by atoms with E-state index in [1.807, 2.05) is 38.2 Å². The van der Waals surface area contributed by atoms with Gasteiger partial charge in [0.25, 0.3) is 5.91 Å². The van der Waals surface area contributed by atoms with Crippen molar-refractivity contribution in [2.24, 2.45) is 7.05 Å². The number of nitrogens with zero attached hydrogens (tertiary/aromatic N) is 3. The number of aromatic nitrogens is 2. The number of aryl methyl sites for hydroxylation is 1. The molecule has 1 atom stereocenters. The van der Waals surface area contributed by atoms with Crippen LogP contribution in [0.2, 0.25) is 5.02 Å². The predicted octanol–water partition coefficient (Wildman–Crippen LogP) is 2.19. The zero-order valence-corrected chi connectivity index (χ0v) is 15.3. The number of hydrogen-bond donors (Lipinski definition) is 1. The molecule has 0 aliphatic carbocycles. The highest BCUT2D eigenvalue weighted by atomic mass is 35.5. The quantitative estimate of drug-likeness (QED) is 0.885. The second-order valence-electron chi connectivity index (χ2n) is 6.33. The average molecular weight is 363 g/mol. The minimum absolute atomic E-state index is 0.0478. The molecule has 1 aliphatic rings. The zero-order valence-electron chi connectivity index (χ0n) is 14.5. The van der Waals surface area contributed by atoms with Crippen molar-refractivity contribution in [3.63, 3.8) is 0 Å². The fourth-order valence-corrected chi connectivity index (χ4v) is 3.11. The molecule has 7 heteroatoms. The smallest absolute Gasteiger partial charge is 0.272 e. The van der Waals surface area contributed by atoms with Gasteiger partial charge in [0.15, 0.2) is 5.69 Å². The van der Waals surface area contributed by atoms with Crippen LogP contribution in [0, 0.1) is 0 Å². The lowest BCUT2D eigenvalue weighted by Gasteiger charge is -2.29. The summed E-state index contributed by atoms with van der Waals surface area (Å²) in [7, 11) is 1.83. The van der Waals surface area contributed by atoms with E-state index in [2.05, 4.69) is 15.3 Å². The summed E-state index contributed by atoms with van der Waals surface area (Å²) >= 11 is 5.93. The third kappa shape index (κ3) is 4.60. The molecule has 1 saturated heterocycles. The molecule has 0 spiro atoms. The van der Waals surface area contributed by atoms with Crippen LogP contribution in [0.5, 0.6) is 0 Å². The lowest BCUT2D eigenvalue weighted by atomic mass is 10.1. The molecule has 25 heavy (non-hydrogen) atoms. The van der Waals surface area contributed by atoms with Crippen molar-refractivity contribution in [2.75, 3.05) is 32.8 Å². The van der Waals surface area contributed by atoms with Gasteiger partial charge in [0.2, 0.25) is 0 Å². The van der Waals surface area contributed by atoms with E-state index in [1.54, 1.807) is 10.7 Å². The van der Waals surface area contributed by atoms with Gasteiger partial charge >= 0.3 is 0 Å². The Morgan fingerprint density at radius 3 is 2.68 bits per heavy atom. The van der Waals surface area contributed by atoms with Crippen molar-refractivity contribution >= 4 is 17.5 Å². The first kappa shape index (κ1) is 17.9. The summed E-state index contributed by atoms with van der Waals surface area (Å²) in [5.74, 6) is -0.156. The van der Waals surface area contributed by atoms with Crippen molar-refractivity contribution in [3.8, 4) is 11.3 Å². The zero-order chi connectivity index (χ0) is 17.8. The van der Waals surface area contributed by atoms with Crippen molar-refractivity contribution in [2.45, 2.75) is 13.0 Å². The summed E-state index contributed by atoms with van der Waals surface area (Å²) in [6.45, 7) is 6.15. The molecule has 1 N–H and O–H groups in total. The van der Waals surface area contributed by atoms with Gasteiger partial charge in [-0.15, -0.1) is 0 Å². The highest BCUT2D eigenvalue weighted by Gasteiger charge is 2.18. The van der Waals surface area contributed by atoms with Gasteiger partial charge in [-0.3, -0.25) is 14.4 Å². The molecule has 2 heterocycles. The van der Waals surface area contributed by atoms with Gasteiger partial charge < -0.3 is 10.1 Å². The monoisotopic (exact) mass is 362 g/mol. The molecule has 1 aromatic heterocycles. The molecule has 1 aliphatic heterocycles. The number of amides is 1. The molecule has 0 bridgehead atoms. The van der Waals surface area contributed by atoms with E-state index in [0.717, 1.165) is 44.1 Å². The fourth-order valence-electron chi connectivity index (χ4n) is 2.98. The van der Waals surface area contributed by atoms with Crippen LogP contribution >= 0.6 is 11.6 Å². The number of nitrogens with one attached hydrogen (secondary N) is 1. The molecule has 1 amide bonds. The minimum atomic E-state index is -0.156. The Bertz CT molecular complexity index is 723. The molecule has 0 saturated carbocycles. The number of halogens is 1. The van der Waals surface area contributed by atoms with Crippen LogP contribution in [-0.2, 0) is 11.8 Å². The van der Waals surface area contributed by atoms with E-state index in [4.69, 9.17) is 16.3 Å². The van der Waals surface area contributed by atoms with Gasteiger partial charge in [-0.05, 0) is 30.7 Å². The van der Waals surface area contributed by atoms with Crippen LogP contribution in [0.15, 0.2) is 30.3 Å². The normalized spacial score (nSPS) is 16.6. The SMILES string of the molecule is C[C@@H](CN1CCOCC1)NC(=O)c1cc(-c2ccc(Cl)cc2)n(C)n1. The van der Waals surface area contributed by atoms with Crippen molar-refractivity contribution < 1.29 is 9.53 Å². The maximum atomic E-state index is 12.5. The highest BCUT2D eigenvalue weighted by Crippen LogP contribution is 2.22. The third-order valence-corrected chi connectivity index (χ3v) is 4.52. The molecular formula is C18H23ClN4O2. The molecule has 134 valence electrons. The van der Waals surface area contributed by atoms with Gasteiger partial charge in [0.05, 0.1) is 18.9 Å². The second kappa shape index (κ2) is 7.99. The summed E-state index contributed by atoms with van der Waals surface area (Å²) in [6, 6.07) is 9.35. The van der Waals surface area contributed by atoms with E-state index in [0.29, 0.717) is 10.7 Å². The average Bonchev–Trinajstić information content (AvgIpc) is 2.98. The van der Waals surface area contributed by atoms with Gasteiger partial charge in [-0.2, -0.15) is 5.10 Å². The van der Waals surface area contributed by atoms with Crippen LogP contribution in [0.25, 0.3) is 11.3 Å². The summed E-state index contributed by atoms with van der Waals surface area (Å²) in [6.07, 6.45) is 0. The van der Waals surface area contributed by atoms with Crippen molar-refractivity contribution in [3.05, 3.63) is 41.0 Å². The highest BCUT2D eigenvalue weighted by molar-refractivity contribution is 6.30. The summed E-state index contributed by atoms with van der Waals surface area (Å²) in [5, 5.41) is 8.05. The van der Waals surface area contributed by atoms with Gasteiger partial charge in [-0.25, -0.2) is 0 Å². The molecule has 0 unspecified atom stereocenters. The second-order valence-corrected chi connectivity index (χ2v) is 6.77. The number of benzene rings is 1. The number of hydrogen-bond acceptors (Lipinski definition) is 4. The van der Waals surface area contributed by atoms with Gasteiger partial charge in [0, 0.05) is 37.7 Å². The topological polar surface area (TPSA) is 59.4 Å². The first-order valence-corrected chi connectivity index (χ1v) is 8.81. The Hall–Kier alpha value is -1.89. The molecule has 1 aromatic carbocycles. The Balaban J connectivity index is 1.64. The van der Waals surface area contributed by atoms with Crippen molar-refractivity contribution in [1.82, 2.24) is 20.0 Å².